The fourth-order valence-corrected chi connectivity index (χ4v) is 3.60. The lowest BCUT2D eigenvalue weighted by Gasteiger charge is -2.30. The highest BCUT2D eigenvalue weighted by Crippen LogP contribution is 2.07. The van der Waals surface area contributed by atoms with Gasteiger partial charge in [-0.2, -0.15) is 0 Å². The van der Waals surface area contributed by atoms with Crippen LogP contribution in [0.25, 0.3) is 0 Å². The molecule has 1 atom stereocenters. The van der Waals surface area contributed by atoms with Crippen LogP contribution in [0.5, 0.6) is 0 Å². The number of rotatable bonds is 9. The summed E-state index contributed by atoms with van der Waals surface area (Å²) in [5.74, 6) is 0. The molecule has 0 aromatic rings. The van der Waals surface area contributed by atoms with Gasteiger partial charge >= 0.3 is 0 Å². The number of nitrogens with zero attached hydrogens (tertiary/aromatic N) is 3. The van der Waals surface area contributed by atoms with E-state index in [4.69, 9.17) is 0 Å². The van der Waals surface area contributed by atoms with Gasteiger partial charge in [0.25, 0.3) is 0 Å². The van der Waals surface area contributed by atoms with E-state index >= 15 is 0 Å². The van der Waals surface area contributed by atoms with Gasteiger partial charge < -0.3 is 13.7 Å². The number of hydrogen-bond acceptors (Lipinski definition) is 3. The predicted octanol–water partition coefficient (Wildman–Crippen LogP) is 0.0282. The molecule has 0 radical (unpaired) electrons. The van der Waals surface area contributed by atoms with Crippen LogP contribution in [0.4, 0.5) is 0 Å². The Labute approximate surface area is 114 Å². The summed E-state index contributed by atoms with van der Waals surface area (Å²) in [6, 6.07) is 1.48. The molecular weight excluding hydrogens is 242 g/mol. The highest BCUT2D eigenvalue weighted by atomic mass is 28.2. The lowest BCUT2D eigenvalue weighted by atomic mass is 10.1. The van der Waals surface area contributed by atoms with Gasteiger partial charge in [-0.25, -0.2) is 0 Å². The van der Waals surface area contributed by atoms with Crippen LogP contribution in [-0.2, 0) is 0 Å². The van der Waals surface area contributed by atoms with Crippen molar-refractivity contribution in [1.82, 2.24) is 13.7 Å². The largest absolute Gasteiger partial charge is 0.328 e. The zero-order valence-corrected chi connectivity index (χ0v) is 16.4. The van der Waals surface area contributed by atoms with Crippen molar-refractivity contribution in [2.75, 3.05) is 27.2 Å². The summed E-state index contributed by atoms with van der Waals surface area (Å²) in [7, 11) is 5.55. The van der Waals surface area contributed by atoms with Gasteiger partial charge in [0.1, 0.15) is 0 Å². The molecule has 0 heterocycles. The molecule has 0 rings (SSSR count). The lowest BCUT2D eigenvalue weighted by molar-refractivity contribution is 0.279. The van der Waals surface area contributed by atoms with E-state index in [1.54, 1.807) is 0 Å². The summed E-state index contributed by atoms with van der Waals surface area (Å²) in [4.78, 5) is 0. The Balaban J connectivity index is 3.69. The molecule has 0 N–H and O–H groups in total. The molecule has 0 aliphatic heterocycles. The van der Waals surface area contributed by atoms with Gasteiger partial charge in [-0.15, -0.1) is 0 Å². The molecule has 0 saturated heterocycles. The molecule has 0 bridgehead atoms. The van der Waals surface area contributed by atoms with Crippen molar-refractivity contribution in [3.05, 3.63) is 0 Å². The molecule has 104 valence electrons. The summed E-state index contributed by atoms with van der Waals surface area (Å²) >= 11 is 0. The first kappa shape index (κ1) is 17.3. The molecule has 0 aromatic carbocycles. The van der Waals surface area contributed by atoms with Gasteiger partial charge in [0.15, 0.2) is 9.84 Å². The molecule has 1 unspecified atom stereocenters. The molecule has 0 spiro atoms. The zero-order valence-electron chi connectivity index (χ0n) is 13.0. The second-order valence-corrected chi connectivity index (χ2v) is 9.12. The van der Waals surface area contributed by atoms with E-state index in [1.165, 1.54) is 36.3 Å². The van der Waals surface area contributed by atoms with Crippen molar-refractivity contribution in [3.63, 3.8) is 0 Å². The highest BCUT2D eigenvalue weighted by Gasteiger charge is 2.11. The molecule has 0 amide bonds. The van der Waals surface area contributed by atoms with Gasteiger partial charge in [0.05, 0.1) is 10.4 Å². The van der Waals surface area contributed by atoms with Crippen LogP contribution in [0.15, 0.2) is 0 Å². The molecule has 0 saturated carbocycles. The monoisotopic (exact) mass is 275 g/mol. The number of hydrogen-bond donors (Lipinski definition) is 0. The van der Waals surface area contributed by atoms with Crippen molar-refractivity contribution >= 4 is 20.2 Å². The molecular formula is C12H33N3Si2. The summed E-state index contributed by atoms with van der Waals surface area (Å²) in [6.45, 7) is 11.7. The van der Waals surface area contributed by atoms with Crippen LogP contribution in [0, 0.1) is 0 Å². The second kappa shape index (κ2) is 9.27. The van der Waals surface area contributed by atoms with Crippen LogP contribution in [0.2, 0.25) is 0 Å². The maximum absolute atomic E-state index is 2.61. The third kappa shape index (κ3) is 8.10. The van der Waals surface area contributed by atoms with Gasteiger partial charge in [-0.1, -0.05) is 27.7 Å². The highest BCUT2D eigenvalue weighted by molar-refractivity contribution is 6.28. The molecule has 0 aliphatic carbocycles. The first-order valence-electron chi connectivity index (χ1n) is 6.97. The maximum Gasteiger partial charge on any atom is 0.172 e. The standard InChI is InChI=1S/C12H33N3Si2/c1-7-13(5)17-14(6)10-8-9-12(4)15(16)11(2)3/h11-12H,7-10,17H2,1-6,16H3. The Morgan fingerprint density at radius 3 is 2.18 bits per heavy atom. The first-order valence-corrected chi connectivity index (χ1v) is 9.13. The third-order valence-electron chi connectivity index (χ3n) is 3.69. The Hall–Kier alpha value is 0.314. The molecule has 0 aliphatic rings. The SMILES string of the molecule is CCN(C)[SiH2]N(C)CCCC(C)N([SiH3])C(C)C. The Bertz CT molecular complexity index is 191. The Morgan fingerprint density at radius 2 is 1.71 bits per heavy atom. The third-order valence-corrected chi connectivity index (χ3v) is 7.34. The van der Waals surface area contributed by atoms with E-state index in [9.17, 15) is 0 Å². The minimum atomic E-state index is -0.158. The fraction of sp³-hybridized carbons (Fsp3) is 1.00. The van der Waals surface area contributed by atoms with E-state index in [-0.39, 0.29) is 9.84 Å². The van der Waals surface area contributed by atoms with Crippen LogP contribution in [0.1, 0.15) is 40.5 Å². The smallest absolute Gasteiger partial charge is 0.172 e. The average Bonchev–Trinajstić information content (AvgIpc) is 2.27. The zero-order chi connectivity index (χ0) is 13.4. The molecule has 0 fully saturated rings. The van der Waals surface area contributed by atoms with E-state index in [1.807, 2.05) is 0 Å². The second-order valence-electron chi connectivity index (χ2n) is 5.64. The van der Waals surface area contributed by atoms with Crippen molar-refractivity contribution in [2.45, 2.75) is 52.6 Å². The van der Waals surface area contributed by atoms with Crippen molar-refractivity contribution in [1.29, 1.82) is 0 Å². The van der Waals surface area contributed by atoms with Gasteiger partial charge in [-0.3, -0.25) is 0 Å². The van der Waals surface area contributed by atoms with Crippen LogP contribution >= 0.6 is 0 Å². The quantitative estimate of drug-likeness (QED) is 0.550. The van der Waals surface area contributed by atoms with E-state index in [0.29, 0.717) is 0 Å². The minimum Gasteiger partial charge on any atom is -0.328 e. The van der Waals surface area contributed by atoms with Gasteiger partial charge in [-0.05, 0) is 52.1 Å². The topological polar surface area (TPSA) is 9.72 Å². The van der Waals surface area contributed by atoms with E-state index in [2.05, 4.69) is 55.5 Å². The van der Waals surface area contributed by atoms with Crippen molar-refractivity contribution < 1.29 is 0 Å². The summed E-state index contributed by atoms with van der Waals surface area (Å²) < 4.78 is 7.65. The van der Waals surface area contributed by atoms with Crippen LogP contribution < -0.4 is 0 Å². The molecule has 5 heteroatoms. The first-order chi connectivity index (χ1) is 7.88. The van der Waals surface area contributed by atoms with Gasteiger partial charge in [0, 0.05) is 0 Å². The fourth-order valence-electron chi connectivity index (χ4n) is 1.95. The maximum atomic E-state index is 2.61. The van der Waals surface area contributed by atoms with Crippen molar-refractivity contribution in [2.24, 2.45) is 0 Å². The summed E-state index contributed by atoms with van der Waals surface area (Å²) in [5, 5.41) is 0. The molecule has 17 heavy (non-hydrogen) atoms. The minimum absolute atomic E-state index is 0.158. The molecule has 3 nitrogen and oxygen atoms in total. The Kier molecular flexibility index (Phi) is 9.44. The van der Waals surface area contributed by atoms with Crippen LogP contribution in [0.3, 0.4) is 0 Å². The van der Waals surface area contributed by atoms with Crippen LogP contribution in [-0.4, -0.2) is 73.2 Å². The summed E-state index contributed by atoms with van der Waals surface area (Å²) in [6.07, 6.45) is 2.68. The van der Waals surface area contributed by atoms with E-state index < -0.39 is 0 Å². The van der Waals surface area contributed by atoms with E-state index in [0.717, 1.165) is 12.1 Å². The Morgan fingerprint density at radius 1 is 1.12 bits per heavy atom. The van der Waals surface area contributed by atoms with Gasteiger partial charge in [0.2, 0.25) is 0 Å². The lowest BCUT2D eigenvalue weighted by Crippen LogP contribution is -2.39. The predicted molar refractivity (Wildman–Crippen MR) is 85.1 cm³/mol. The average molecular weight is 276 g/mol. The van der Waals surface area contributed by atoms with Crippen molar-refractivity contribution in [3.8, 4) is 0 Å². The normalized spacial score (nSPS) is 15.2. The summed E-state index contributed by atoms with van der Waals surface area (Å²) in [5.41, 5.74) is 0. The molecule has 0 aromatic heterocycles.